The fourth-order valence-electron chi connectivity index (χ4n) is 2.45. The smallest absolute Gasteiger partial charge is 0.191 e. The van der Waals surface area contributed by atoms with Gasteiger partial charge in [-0.15, -0.1) is 11.3 Å². The largest absolute Gasteiger partial charge is 0.363 e. The molecule has 124 valence electrons. The van der Waals surface area contributed by atoms with Gasteiger partial charge in [-0.1, -0.05) is 0 Å². The van der Waals surface area contributed by atoms with E-state index in [-0.39, 0.29) is 4.75 Å². The lowest BCUT2D eigenvalue weighted by atomic mass is 10.1. The van der Waals surface area contributed by atoms with E-state index in [2.05, 4.69) is 58.1 Å². The normalized spacial score (nSPS) is 17.6. The molecule has 6 heteroatoms. The number of thioether (sulfide) groups is 1. The van der Waals surface area contributed by atoms with Crippen LogP contribution >= 0.6 is 23.1 Å². The zero-order valence-electron chi connectivity index (χ0n) is 14.1. The highest BCUT2D eigenvalue weighted by Gasteiger charge is 2.21. The predicted molar refractivity (Wildman–Crippen MR) is 102 cm³/mol. The van der Waals surface area contributed by atoms with Gasteiger partial charge in [-0.25, -0.2) is 0 Å². The third-order valence-electron chi connectivity index (χ3n) is 4.11. The number of hydrogen-bond donors (Lipinski definition) is 2. The van der Waals surface area contributed by atoms with Crippen molar-refractivity contribution in [1.82, 2.24) is 10.6 Å². The van der Waals surface area contributed by atoms with Gasteiger partial charge in [-0.3, -0.25) is 4.99 Å². The second-order valence-electron chi connectivity index (χ2n) is 6.25. The summed E-state index contributed by atoms with van der Waals surface area (Å²) in [4.78, 5) is 6.84. The van der Waals surface area contributed by atoms with Crippen LogP contribution in [0, 0.1) is 0 Å². The summed E-state index contributed by atoms with van der Waals surface area (Å²) in [5.74, 6) is 0.927. The average molecular weight is 341 g/mol. The first-order valence-electron chi connectivity index (χ1n) is 7.85. The Kier molecular flexibility index (Phi) is 6.44. The molecule has 2 heterocycles. The molecule has 1 aliphatic rings. The third kappa shape index (κ3) is 5.09. The molecule has 0 unspecified atom stereocenters. The van der Waals surface area contributed by atoms with Gasteiger partial charge in [0.25, 0.3) is 0 Å². The summed E-state index contributed by atoms with van der Waals surface area (Å²) in [6.07, 6.45) is 4.47. The quantitative estimate of drug-likeness (QED) is 0.638. The average Bonchev–Trinajstić information content (AvgIpc) is 3.06. The van der Waals surface area contributed by atoms with E-state index in [9.17, 15) is 0 Å². The van der Waals surface area contributed by atoms with Crippen molar-refractivity contribution in [2.75, 3.05) is 37.8 Å². The molecule has 0 radical (unpaired) electrons. The molecule has 0 amide bonds. The van der Waals surface area contributed by atoms with Crippen LogP contribution in [0.1, 0.15) is 26.7 Å². The number of hydrogen-bond acceptors (Lipinski definition) is 4. The van der Waals surface area contributed by atoms with E-state index >= 15 is 0 Å². The first-order chi connectivity index (χ1) is 10.5. The van der Waals surface area contributed by atoms with Gasteiger partial charge in [-0.2, -0.15) is 11.8 Å². The fraction of sp³-hybridized carbons (Fsp3) is 0.688. The molecule has 1 aromatic rings. The van der Waals surface area contributed by atoms with Crippen LogP contribution in [0.25, 0.3) is 0 Å². The molecule has 0 atom stereocenters. The molecule has 0 bridgehead atoms. The van der Waals surface area contributed by atoms with Crippen LogP contribution in [0.15, 0.2) is 22.5 Å². The number of nitrogens with zero attached hydrogens (tertiary/aromatic N) is 2. The van der Waals surface area contributed by atoms with Crippen molar-refractivity contribution in [2.45, 2.75) is 37.5 Å². The molecule has 0 aliphatic carbocycles. The van der Waals surface area contributed by atoms with Crippen LogP contribution in [0.3, 0.4) is 0 Å². The van der Waals surface area contributed by atoms with Gasteiger partial charge in [0.05, 0.1) is 5.00 Å². The number of thiophene rings is 1. The Morgan fingerprint density at radius 2 is 2.18 bits per heavy atom. The van der Waals surface area contributed by atoms with Gasteiger partial charge >= 0.3 is 0 Å². The first kappa shape index (κ1) is 17.5. The molecular formula is C16H28N4S2. The van der Waals surface area contributed by atoms with Crippen molar-refractivity contribution < 1.29 is 0 Å². The molecule has 2 N–H and O–H groups in total. The Bertz CT molecular complexity index is 463. The highest BCUT2D eigenvalue weighted by atomic mass is 32.2. The zero-order chi connectivity index (χ0) is 16.0. The SMILES string of the molecule is CN=C(NCC(C)(C)SC)NC1CCN(c2cccs2)CC1. The zero-order valence-corrected chi connectivity index (χ0v) is 15.7. The summed E-state index contributed by atoms with van der Waals surface area (Å²) in [6.45, 7) is 7.65. The van der Waals surface area contributed by atoms with Crippen LogP contribution in [0.4, 0.5) is 5.00 Å². The summed E-state index contributed by atoms with van der Waals surface area (Å²) in [5, 5.41) is 10.6. The minimum atomic E-state index is 0.222. The van der Waals surface area contributed by atoms with Gasteiger partial charge in [0.1, 0.15) is 0 Å². The van der Waals surface area contributed by atoms with E-state index in [0.29, 0.717) is 6.04 Å². The Hall–Kier alpha value is -0.880. The van der Waals surface area contributed by atoms with Gasteiger partial charge in [-0.05, 0) is 50.5 Å². The van der Waals surface area contributed by atoms with E-state index in [1.165, 1.54) is 5.00 Å². The molecular weight excluding hydrogens is 312 g/mol. The monoisotopic (exact) mass is 340 g/mol. The predicted octanol–water partition coefficient (Wildman–Crippen LogP) is 3.02. The lowest BCUT2D eigenvalue weighted by Crippen LogP contribution is -2.50. The summed E-state index contributed by atoms with van der Waals surface area (Å²) in [7, 11) is 1.85. The maximum absolute atomic E-state index is 4.36. The Labute approximate surface area is 142 Å². The van der Waals surface area contributed by atoms with E-state index in [1.54, 1.807) is 0 Å². The second-order valence-corrected chi connectivity index (χ2v) is 8.69. The van der Waals surface area contributed by atoms with Crippen molar-refractivity contribution in [3.8, 4) is 0 Å². The highest BCUT2D eigenvalue weighted by molar-refractivity contribution is 7.99. The number of aliphatic imine (C=N–C) groups is 1. The molecule has 0 spiro atoms. The van der Waals surface area contributed by atoms with E-state index < -0.39 is 0 Å². The minimum absolute atomic E-state index is 0.222. The molecule has 1 aromatic heterocycles. The van der Waals surface area contributed by atoms with Crippen molar-refractivity contribution in [3.63, 3.8) is 0 Å². The first-order valence-corrected chi connectivity index (χ1v) is 9.95. The summed E-state index contributed by atoms with van der Waals surface area (Å²) < 4.78 is 0.222. The van der Waals surface area contributed by atoms with Crippen LogP contribution in [0.5, 0.6) is 0 Å². The molecule has 2 rings (SSSR count). The van der Waals surface area contributed by atoms with Crippen LogP contribution in [-0.4, -0.2) is 49.7 Å². The number of guanidine groups is 1. The maximum atomic E-state index is 4.36. The number of anilines is 1. The third-order valence-corrected chi connectivity index (χ3v) is 6.29. The van der Waals surface area contributed by atoms with E-state index in [0.717, 1.165) is 38.4 Å². The molecule has 4 nitrogen and oxygen atoms in total. The Morgan fingerprint density at radius 1 is 1.45 bits per heavy atom. The minimum Gasteiger partial charge on any atom is -0.363 e. The molecule has 0 aromatic carbocycles. The van der Waals surface area contributed by atoms with Crippen LogP contribution in [0.2, 0.25) is 0 Å². The van der Waals surface area contributed by atoms with Crippen LogP contribution < -0.4 is 15.5 Å². The number of nitrogens with one attached hydrogen (secondary N) is 2. The lowest BCUT2D eigenvalue weighted by molar-refractivity contribution is 0.461. The van der Waals surface area contributed by atoms with Gasteiger partial charge in [0.2, 0.25) is 0 Å². The van der Waals surface area contributed by atoms with E-state index in [4.69, 9.17) is 0 Å². The lowest BCUT2D eigenvalue weighted by Gasteiger charge is -2.34. The standard InChI is InChI=1S/C16H28N4S2/c1-16(2,21-4)12-18-15(17-3)19-13-7-9-20(10-8-13)14-6-5-11-22-14/h5-6,11,13H,7-10,12H2,1-4H3,(H2,17,18,19). The number of piperidine rings is 1. The molecule has 0 saturated carbocycles. The molecule has 22 heavy (non-hydrogen) atoms. The van der Waals surface area contributed by atoms with Gasteiger partial charge in [0, 0.05) is 37.5 Å². The molecule has 1 saturated heterocycles. The Balaban J connectivity index is 1.76. The van der Waals surface area contributed by atoms with Crippen molar-refractivity contribution in [2.24, 2.45) is 4.99 Å². The van der Waals surface area contributed by atoms with Crippen LogP contribution in [-0.2, 0) is 0 Å². The Morgan fingerprint density at radius 3 is 2.73 bits per heavy atom. The van der Waals surface area contributed by atoms with Crippen molar-refractivity contribution >= 4 is 34.1 Å². The molecule has 1 aliphatic heterocycles. The highest BCUT2D eigenvalue weighted by Crippen LogP contribution is 2.24. The van der Waals surface area contributed by atoms with Crippen molar-refractivity contribution in [3.05, 3.63) is 17.5 Å². The van der Waals surface area contributed by atoms with E-state index in [1.807, 2.05) is 30.1 Å². The topological polar surface area (TPSA) is 39.7 Å². The fourth-order valence-corrected chi connectivity index (χ4v) is 3.45. The molecule has 1 fully saturated rings. The van der Waals surface area contributed by atoms with Gasteiger partial charge < -0.3 is 15.5 Å². The van der Waals surface area contributed by atoms with Gasteiger partial charge in [0.15, 0.2) is 5.96 Å². The summed E-state index contributed by atoms with van der Waals surface area (Å²) in [5.41, 5.74) is 0. The summed E-state index contributed by atoms with van der Waals surface area (Å²) in [6, 6.07) is 4.85. The maximum Gasteiger partial charge on any atom is 0.191 e. The van der Waals surface area contributed by atoms with Crippen molar-refractivity contribution in [1.29, 1.82) is 0 Å². The second kappa shape index (κ2) is 8.11. The summed E-state index contributed by atoms with van der Waals surface area (Å²) >= 11 is 3.70. The number of rotatable bonds is 5.